The van der Waals surface area contributed by atoms with Crippen LogP contribution in [0, 0.1) is 23.0 Å². The molecule has 0 bridgehead atoms. The lowest BCUT2D eigenvalue weighted by Crippen LogP contribution is -2.42. The zero-order valence-electron chi connectivity index (χ0n) is 15.6. The average molecular weight is 465 g/mol. The van der Waals surface area contributed by atoms with Gasteiger partial charge in [-0.05, 0) is 30.3 Å². The molecule has 0 aliphatic carbocycles. The van der Waals surface area contributed by atoms with Crippen molar-refractivity contribution in [2.75, 3.05) is 16.8 Å². The van der Waals surface area contributed by atoms with E-state index in [-0.39, 0.29) is 5.69 Å². The molecule has 13 heteroatoms. The van der Waals surface area contributed by atoms with Crippen molar-refractivity contribution in [2.45, 2.75) is 24.7 Å². The van der Waals surface area contributed by atoms with Crippen molar-refractivity contribution in [3.8, 4) is 6.07 Å². The molecule has 2 aromatic rings. The van der Waals surface area contributed by atoms with Crippen molar-refractivity contribution in [2.24, 2.45) is 0 Å². The first kappa shape index (κ1) is 23.3. The van der Waals surface area contributed by atoms with Crippen LogP contribution in [0.3, 0.4) is 0 Å². The Morgan fingerprint density at radius 2 is 1.75 bits per heavy atom. The summed E-state index contributed by atoms with van der Waals surface area (Å²) in [4.78, 5) is 12.7. The summed E-state index contributed by atoms with van der Waals surface area (Å²) in [5, 5.41) is 10.9. The lowest BCUT2D eigenvalue weighted by Gasteiger charge is -2.27. The first-order chi connectivity index (χ1) is 14.8. The molecule has 2 atom stereocenters. The molecule has 0 aromatic heterocycles. The number of carbonyl (C=O) groups is 1. The maximum atomic E-state index is 13.5. The standard InChI is InChI=1S/C19H11F8N3O2/c20-13-4-2-10(5-14(13)21)29-16(31)15-8-30(17(32-15)19(25,26)27)11-3-1-9(7-28)12(6-11)18(22,23)24/h1-6,15,17H,8H2,(H,29,31)/t15-,17+/m0/s1. The van der Waals surface area contributed by atoms with Gasteiger partial charge in [0, 0.05) is 17.4 Å². The third-order valence-corrected chi connectivity index (χ3v) is 4.46. The Bertz CT molecular complexity index is 1080. The van der Waals surface area contributed by atoms with Crippen molar-refractivity contribution < 1.29 is 44.7 Å². The maximum Gasteiger partial charge on any atom is 0.433 e. The fourth-order valence-electron chi connectivity index (χ4n) is 3.03. The zero-order chi connectivity index (χ0) is 23.8. The van der Waals surface area contributed by atoms with Gasteiger partial charge < -0.3 is 15.0 Å². The van der Waals surface area contributed by atoms with Crippen molar-refractivity contribution in [3.63, 3.8) is 0 Å². The molecule has 1 heterocycles. The monoisotopic (exact) mass is 465 g/mol. The van der Waals surface area contributed by atoms with Crippen LogP contribution in [0.2, 0.25) is 0 Å². The normalized spacial score (nSPS) is 19.0. The summed E-state index contributed by atoms with van der Waals surface area (Å²) in [6, 6.07) is 5.48. The van der Waals surface area contributed by atoms with Crippen LogP contribution in [0.5, 0.6) is 0 Å². The Morgan fingerprint density at radius 3 is 2.31 bits per heavy atom. The van der Waals surface area contributed by atoms with Crippen LogP contribution in [-0.2, 0) is 15.7 Å². The highest BCUT2D eigenvalue weighted by Crippen LogP contribution is 2.39. The summed E-state index contributed by atoms with van der Waals surface area (Å²) >= 11 is 0. The Kier molecular flexibility index (Phi) is 6.01. The van der Waals surface area contributed by atoms with E-state index in [2.05, 4.69) is 5.32 Å². The number of benzene rings is 2. The second-order valence-electron chi connectivity index (χ2n) is 6.63. The first-order valence-electron chi connectivity index (χ1n) is 8.67. The van der Waals surface area contributed by atoms with Crippen molar-refractivity contribution in [1.29, 1.82) is 5.26 Å². The van der Waals surface area contributed by atoms with Gasteiger partial charge in [-0.2, -0.15) is 31.6 Å². The Morgan fingerprint density at radius 1 is 1.06 bits per heavy atom. The van der Waals surface area contributed by atoms with Crippen molar-refractivity contribution in [3.05, 3.63) is 59.2 Å². The van der Waals surface area contributed by atoms with Crippen LogP contribution < -0.4 is 10.2 Å². The molecular formula is C19H11F8N3O2. The van der Waals surface area contributed by atoms with E-state index in [4.69, 9.17) is 10.00 Å². The van der Waals surface area contributed by atoms with Crippen LogP contribution in [0.1, 0.15) is 11.1 Å². The van der Waals surface area contributed by atoms with Gasteiger partial charge in [-0.1, -0.05) is 0 Å². The van der Waals surface area contributed by atoms with Crippen LogP contribution in [0.15, 0.2) is 36.4 Å². The minimum Gasteiger partial charge on any atom is -0.335 e. The third kappa shape index (κ3) is 4.75. The number of ether oxygens (including phenoxy) is 1. The molecule has 1 aliphatic heterocycles. The van der Waals surface area contributed by atoms with Crippen molar-refractivity contribution in [1.82, 2.24) is 0 Å². The summed E-state index contributed by atoms with van der Waals surface area (Å²) < 4.78 is 111. The molecule has 0 radical (unpaired) electrons. The highest BCUT2D eigenvalue weighted by atomic mass is 19.4. The topological polar surface area (TPSA) is 65.4 Å². The van der Waals surface area contributed by atoms with E-state index < -0.39 is 65.6 Å². The highest BCUT2D eigenvalue weighted by molar-refractivity contribution is 5.95. The predicted octanol–water partition coefficient (Wildman–Crippen LogP) is 4.59. The molecular weight excluding hydrogens is 454 g/mol. The number of amides is 1. The van der Waals surface area contributed by atoms with Crippen LogP contribution in [-0.4, -0.2) is 31.0 Å². The van der Waals surface area contributed by atoms with E-state index in [1.54, 1.807) is 0 Å². The average Bonchev–Trinajstić information content (AvgIpc) is 3.16. The number of hydrogen-bond acceptors (Lipinski definition) is 4. The van der Waals surface area contributed by atoms with Gasteiger partial charge >= 0.3 is 12.4 Å². The molecule has 5 nitrogen and oxygen atoms in total. The van der Waals surface area contributed by atoms with E-state index in [1.165, 1.54) is 6.07 Å². The molecule has 1 saturated heterocycles. The van der Waals surface area contributed by atoms with E-state index >= 15 is 0 Å². The predicted molar refractivity (Wildman–Crippen MR) is 93.2 cm³/mol. The number of carbonyl (C=O) groups excluding carboxylic acids is 1. The van der Waals surface area contributed by atoms with Gasteiger partial charge in [0.15, 0.2) is 17.7 Å². The van der Waals surface area contributed by atoms with Gasteiger partial charge in [-0.3, -0.25) is 4.79 Å². The maximum absolute atomic E-state index is 13.5. The Labute approximate surface area is 174 Å². The third-order valence-electron chi connectivity index (χ3n) is 4.46. The molecule has 32 heavy (non-hydrogen) atoms. The van der Waals surface area contributed by atoms with Gasteiger partial charge in [0.25, 0.3) is 5.91 Å². The van der Waals surface area contributed by atoms with Crippen LogP contribution in [0.4, 0.5) is 46.5 Å². The number of nitriles is 1. The minimum atomic E-state index is -5.09. The number of halogens is 8. The summed E-state index contributed by atoms with van der Waals surface area (Å²) in [6.07, 6.45) is -14.7. The molecule has 1 fully saturated rings. The Hall–Kier alpha value is -3.40. The largest absolute Gasteiger partial charge is 0.433 e. The number of nitrogens with one attached hydrogen (secondary N) is 1. The molecule has 0 saturated carbocycles. The quantitative estimate of drug-likeness (QED) is 0.674. The second-order valence-corrected chi connectivity index (χ2v) is 6.63. The molecule has 1 aliphatic rings. The van der Waals surface area contributed by atoms with Crippen LogP contribution in [0.25, 0.3) is 0 Å². The summed E-state index contributed by atoms with van der Waals surface area (Å²) in [5.74, 6) is -3.69. The zero-order valence-corrected chi connectivity index (χ0v) is 15.6. The fourth-order valence-corrected chi connectivity index (χ4v) is 3.03. The minimum absolute atomic E-state index is 0.266. The van der Waals surface area contributed by atoms with Gasteiger partial charge in [-0.15, -0.1) is 0 Å². The van der Waals surface area contributed by atoms with Gasteiger partial charge in [0.1, 0.15) is 0 Å². The van der Waals surface area contributed by atoms with E-state index in [0.717, 1.165) is 12.1 Å². The van der Waals surface area contributed by atoms with E-state index in [0.29, 0.717) is 29.2 Å². The van der Waals surface area contributed by atoms with Gasteiger partial charge in [0.2, 0.25) is 6.23 Å². The number of hydrogen-bond donors (Lipinski definition) is 1. The molecule has 170 valence electrons. The SMILES string of the molecule is N#Cc1ccc(N2C[C@@H](C(=O)Nc3ccc(F)c(F)c3)O[C@@H]2C(F)(F)F)cc1C(F)(F)F. The smallest absolute Gasteiger partial charge is 0.335 e. The highest BCUT2D eigenvalue weighted by Gasteiger charge is 2.52. The van der Waals surface area contributed by atoms with E-state index in [9.17, 15) is 39.9 Å². The number of rotatable bonds is 3. The molecule has 1 amide bonds. The molecule has 0 spiro atoms. The summed E-state index contributed by atoms with van der Waals surface area (Å²) in [7, 11) is 0. The molecule has 1 N–H and O–H groups in total. The van der Waals surface area contributed by atoms with Crippen LogP contribution >= 0.6 is 0 Å². The Balaban J connectivity index is 1.90. The van der Waals surface area contributed by atoms with Gasteiger partial charge in [-0.25, -0.2) is 8.78 Å². The number of anilines is 2. The lowest BCUT2D eigenvalue weighted by molar-refractivity contribution is -0.212. The van der Waals surface area contributed by atoms with Crippen molar-refractivity contribution >= 4 is 17.3 Å². The molecule has 3 rings (SSSR count). The first-order valence-corrected chi connectivity index (χ1v) is 8.67. The molecule has 0 unspecified atom stereocenters. The fraction of sp³-hybridized carbons (Fsp3) is 0.263. The number of alkyl halides is 6. The van der Waals surface area contributed by atoms with Gasteiger partial charge in [0.05, 0.1) is 23.7 Å². The molecule has 2 aromatic carbocycles. The summed E-state index contributed by atoms with van der Waals surface area (Å²) in [6.45, 7) is -0.803. The second kappa shape index (κ2) is 8.27. The lowest BCUT2D eigenvalue weighted by atomic mass is 10.1. The van der Waals surface area contributed by atoms with E-state index in [1.807, 2.05) is 0 Å². The number of nitrogens with zero attached hydrogens (tertiary/aromatic N) is 2. The summed E-state index contributed by atoms with van der Waals surface area (Å²) in [5.41, 5.74) is -3.09.